The van der Waals surface area contributed by atoms with Gasteiger partial charge in [-0.05, 0) is 43.4 Å². The topological polar surface area (TPSA) is 49.5 Å². The molecule has 106 valence electrons. The zero-order valence-corrected chi connectivity index (χ0v) is 12.0. The maximum absolute atomic E-state index is 10.3. The molecule has 0 aliphatic carbocycles. The smallest absolute Gasteiger partial charge is 0.0917 e. The molecule has 0 aromatic heterocycles. The number of rotatable bonds is 4. The van der Waals surface area contributed by atoms with Gasteiger partial charge in [0.2, 0.25) is 0 Å². The largest absolute Gasteiger partial charge is 0.387 e. The molecule has 3 N–H and O–H groups in total. The second-order valence-corrected chi connectivity index (χ2v) is 5.94. The molecule has 1 aromatic rings. The van der Waals surface area contributed by atoms with E-state index in [1.165, 1.54) is 12.8 Å². The van der Waals surface area contributed by atoms with Crippen LogP contribution < -0.4 is 5.73 Å². The van der Waals surface area contributed by atoms with Crippen LogP contribution in [0.2, 0.25) is 0 Å². The number of nitrogens with two attached hydrogens (primary N) is 1. The number of aliphatic hydroxyl groups is 1. The lowest BCUT2D eigenvalue weighted by molar-refractivity contribution is 0.0601. The standard InChI is InChI=1S/C16H26N2O/c1-12-7-8-18(13(2)9-12)11-16(19)15-5-3-14(10-17)4-6-15/h3-6,12-13,16,19H,7-11,17H2,1-2H3. The van der Waals surface area contributed by atoms with Gasteiger partial charge in [-0.25, -0.2) is 0 Å². The van der Waals surface area contributed by atoms with Crippen molar-refractivity contribution in [1.29, 1.82) is 0 Å². The van der Waals surface area contributed by atoms with Gasteiger partial charge in [0, 0.05) is 19.1 Å². The molecule has 0 amide bonds. The van der Waals surface area contributed by atoms with Crippen LogP contribution in [0.1, 0.15) is 43.9 Å². The summed E-state index contributed by atoms with van der Waals surface area (Å²) >= 11 is 0. The zero-order valence-electron chi connectivity index (χ0n) is 12.0. The highest BCUT2D eigenvalue weighted by Gasteiger charge is 2.24. The summed E-state index contributed by atoms with van der Waals surface area (Å²) in [6.45, 7) is 6.96. The van der Waals surface area contributed by atoms with Gasteiger partial charge in [0.05, 0.1) is 6.10 Å². The fraction of sp³-hybridized carbons (Fsp3) is 0.625. The van der Waals surface area contributed by atoms with Crippen LogP contribution in [0.5, 0.6) is 0 Å². The molecule has 2 rings (SSSR count). The third-order valence-electron chi connectivity index (χ3n) is 4.28. The molecule has 19 heavy (non-hydrogen) atoms. The second-order valence-electron chi connectivity index (χ2n) is 5.94. The van der Waals surface area contributed by atoms with Crippen molar-refractivity contribution in [3.05, 3.63) is 35.4 Å². The SMILES string of the molecule is CC1CCN(CC(O)c2ccc(CN)cc2)C(C)C1. The summed E-state index contributed by atoms with van der Waals surface area (Å²) in [5.74, 6) is 0.812. The fourth-order valence-electron chi connectivity index (χ4n) is 2.93. The van der Waals surface area contributed by atoms with Crippen molar-refractivity contribution < 1.29 is 5.11 Å². The first-order chi connectivity index (χ1) is 9.10. The number of β-amino-alcohol motifs (C(OH)–C–C–N with tert-alkyl or cyclic N) is 1. The first kappa shape index (κ1) is 14.5. The van der Waals surface area contributed by atoms with E-state index in [-0.39, 0.29) is 0 Å². The van der Waals surface area contributed by atoms with Crippen LogP contribution in [-0.2, 0) is 6.54 Å². The molecule has 0 radical (unpaired) electrons. The summed E-state index contributed by atoms with van der Waals surface area (Å²) in [5.41, 5.74) is 7.68. The van der Waals surface area contributed by atoms with Crippen LogP contribution in [0.3, 0.4) is 0 Å². The lowest BCUT2D eigenvalue weighted by atomic mass is 9.93. The predicted molar refractivity (Wildman–Crippen MR) is 78.7 cm³/mol. The van der Waals surface area contributed by atoms with E-state index in [2.05, 4.69) is 18.7 Å². The van der Waals surface area contributed by atoms with Crippen molar-refractivity contribution in [1.82, 2.24) is 4.90 Å². The van der Waals surface area contributed by atoms with Gasteiger partial charge in [-0.15, -0.1) is 0 Å². The van der Waals surface area contributed by atoms with Crippen molar-refractivity contribution in [2.24, 2.45) is 11.7 Å². The number of nitrogens with zero attached hydrogens (tertiary/aromatic N) is 1. The normalized spacial score (nSPS) is 26.3. The van der Waals surface area contributed by atoms with Crippen LogP contribution in [0.4, 0.5) is 0 Å². The first-order valence-corrected chi connectivity index (χ1v) is 7.31. The molecule has 3 atom stereocenters. The summed E-state index contributed by atoms with van der Waals surface area (Å²) in [6, 6.07) is 8.55. The Balaban J connectivity index is 1.94. The van der Waals surface area contributed by atoms with E-state index in [0.29, 0.717) is 12.6 Å². The summed E-state index contributed by atoms with van der Waals surface area (Å²) in [4.78, 5) is 2.40. The monoisotopic (exact) mass is 262 g/mol. The van der Waals surface area contributed by atoms with Gasteiger partial charge in [0.25, 0.3) is 0 Å². The lowest BCUT2D eigenvalue weighted by Gasteiger charge is -2.37. The Morgan fingerprint density at radius 2 is 2.00 bits per heavy atom. The lowest BCUT2D eigenvalue weighted by Crippen LogP contribution is -2.42. The van der Waals surface area contributed by atoms with Crippen LogP contribution in [0.15, 0.2) is 24.3 Å². The molecule has 1 aliphatic rings. The molecule has 0 bridgehead atoms. The molecule has 3 unspecified atom stereocenters. The highest BCUT2D eigenvalue weighted by Crippen LogP contribution is 2.24. The van der Waals surface area contributed by atoms with Gasteiger partial charge in [-0.2, -0.15) is 0 Å². The van der Waals surface area contributed by atoms with E-state index in [1.54, 1.807) is 0 Å². The summed E-state index contributed by atoms with van der Waals surface area (Å²) in [7, 11) is 0. The van der Waals surface area contributed by atoms with Gasteiger partial charge in [0.1, 0.15) is 0 Å². The molecule has 1 saturated heterocycles. The molecular weight excluding hydrogens is 236 g/mol. The molecule has 1 heterocycles. The van der Waals surface area contributed by atoms with E-state index < -0.39 is 6.10 Å². The number of benzene rings is 1. The fourth-order valence-corrected chi connectivity index (χ4v) is 2.93. The van der Waals surface area contributed by atoms with Crippen molar-refractivity contribution >= 4 is 0 Å². The average Bonchev–Trinajstić information content (AvgIpc) is 2.42. The quantitative estimate of drug-likeness (QED) is 0.875. The van der Waals surface area contributed by atoms with E-state index in [0.717, 1.165) is 30.1 Å². The third-order valence-corrected chi connectivity index (χ3v) is 4.28. The molecule has 1 aromatic carbocycles. The Morgan fingerprint density at radius 1 is 1.32 bits per heavy atom. The molecule has 1 fully saturated rings. The van der Waals surface area contributed by atoms with Gasteiger partial charge in [-0.1, -0.05) is 31.2 Å². The van der Waals surface area contributed by atoms with E-state index in [4.69, 9.17) is 5.73 Å². The average molecular weight is 262 g/mol. The van der Waals surface area contributed by atoms with Crippen molar-refractivity contribution in [2.75, 3.05) is 13.1 Å². The number of hydrogen-bond acceptors (Lipinski definition) is 3. The van der Waals surface area contributed by atoms with E-state index >= 15 is 0 Å². The molecule has 1 aliphatic heterocycles. The number of likely N-dealkylation sites (tertiary alicyclic amines) is 1. The Hall–Kier alpha value is -0.900. The van der Waals surface area contributed by atoms with Gasteiger partial charge in [-0.3, -0.25) is 4.90 Å². The predicted octanol–water partition coefficient (Wildman–Crippen LogP) is 2.30. The second kappa shape index (κ2) is 6.51. The highest BCUT2D eigenvalue weighted by molar-refractivity contribution is 5.24. The molecular formula is C16H26N2O. The zero-order chi connectivity index (χ0) is 13.8. The number of hydrogen-bond donors (Lipinski definition) is 2. The van der Waals surface area contributed by atoms with Crippen molar-refractivity contribution in [2.45, 2.75) is 45.4 Å². The van der Waals surface area contributed by atoms with E-state index in [1.807, 2.05) is 24.3 Å². The van der Waals surface area contributed by atoms with Gasteiger partial charge < -0.3 is 10.8 Å². The maximum atomic E-state index is 10.3. The number of piperidine rings is 1. The van der Waals surface area contributed by atoms with Gasteiger partial charge >= 0.3 is 0 Å². The first-order valence-electron chi connectivity index (χ1n) is 7.31. The third kappa shape index (κ3) is 3.78. The molecule has 3 nitrogen and oxygen atoms in total. The minimum absolute atomic E-state index is 0.400. The summed E-state index contributed by atoms with van der Waals surface area (Å²) < 4.78 is 0. The molecule has 0 saturated carbocycles. The minimum atomic E-state index is -0.400. The number of aliphatic hydroxyl groups excluding tert-OH is 1. The van der Waals surface area contributed by atoms with Crippen molar-refractivity contribution in [3.8, 4) is 0 Å². The molecule has 3 heteroatoms. The van der Waals surface area contributed by atoms with Crippen LogP contribution in [0, 0.1) is 5.92 Å². The minimum Gasteiger partial charge on any atom is -0.387 e. The summed E-state index contributed by atoms with van der Waals surface area (Å²) in [5, 5.41) is 10.3. The van der Waals surface area contributed by atoms with E-state index in [9.17, 15) is 5.11 Å². The Morgan fingerprint density at radius 3 is 2.58 bits per heavy atom. The van der Waals surface area contributed by atoms with Crippen LogP contribution in [0.25, 0.3) is 0 Å². The maximum Gasteiger partial charge on any atom is 0.0917 e. The highest BCUT2D eigenvalue weighted by atomic mass is 16.3. The van der Waals surface area contributed by atoms with Gasteiger partial charge in [0.15, 0.2) is 0 Å². The van der Waals surface area contributed by atoms with Crippen LogP contribution >= 0.6 is 0 Å². The Bertz CT molecular complexity index is 390. The van der Waals surface area contributed by atoms with Crippen LogP contribution in [-0.4, -0.2) is 29.1 Å². The van der Waals surface area contributed by atoms with Crippen molar-refractivity contribution in [3.63, 3.8) is 0 Å². The molecule has 0 spiro atoms. The Labute approximate surface area is 116 Å². The summed E-state index contributed by atoms with van der Waals surface area (Å²) in [6.07, 6.45) is 2.07. The Kier molecular flexibility index (Phi) is 4.97.